The van der Waals surface area contributed by atoms with Crippen LogP contribution in [-0.4, -0.2) is 11.7 Å². The van der Waals surface area contributed by atoms with Crippen LogP contribution in [0, 0.1) is 11.6 Å². The SMILES string of the molecule is CCOc1cc(F)cc(F)c1O. The molecule has 4 heteroatoms. The van der Waals surface area contributed by atoms with Crippen LogP contribution in [-0.2, 0) is 0 Å². The van der Waals surface area contributed by atoms with Crippen molar-refractivity contribution in [3.8, 4) is 11.5 Å². The topological polar surface area (TPSA) is 29.5 Å². The Bertz CT molecular complexity index is 287. The molecule has 0 saturated carbocycles. The van der Waals surface area contributed by atoms with Crippen molar-refractivity contribution in [2.45, 2.75) is 6.92 Å². The highest BCUT2D eigenvalue weighted by atomic mass is 19.1. The highest BCUT2D eigenvalue weighted by molar-refractivity contribution is 5.40. The van der Waals surface area contributed by atoms with E-state index >= 15 is 0 Å². The summed E-state index contributed by atoms with van der Waals surface area (Å²) in [6, 6.07) is 1.53. The predicted molar refractivity (Wildman–Crippen MR) is 39.2 cm³/mol. The first kappa shape index (κ1) is 8.77. The molecule has 0 aliphatic carbocycles. The van der Waals surface area contributed by atoms with E-state index in [1.807, 2.05) is 0 Å². The van der Waals surface area contributed by atoms with Crippen molar-refractivity contribution in [2.75, 3.05) is 6.61 Å². The van der Waals surface area contributed by atoms with Gasteiger partial charge in [-0.3, -0.25) is 0 Å². The maximum absolute atomic E-state index is 12.6. The first-order valence-corrected chi connectivity index (χ1v) is 3.46. The molecule has 0 bridgehead atoms. The summed E-state index contributed by atoms with van der Waals surface area (Å²) in [6.07, 6.45) is 0. The summed E-state index contributed by atoms with van der Waals surface area (Å²) in [5.74, 6) is -2.61. The van der Waals surface area contributed by atoms with Gasteiger partial charge < -0.3 is 9.84 Å². The molecule has 12 heavy (non-hydrogen) atoms. The number of rotatable bonds is 2. The molecule has 0 atom stereocenters. The normalized spacial score (nSPS) is 9.92. The van der Waals surface area contributed by atoms with Gasteiger partial charge in [-0.25, -0.2) is 8.78 Å². The van der Waals surface area contributed by atoms with E-state index in [-0.39, 0.29) is 12.4 Å². The van der Waals surface area contributed by atoms with Gasteiger partial charge in [-0.05, 0) is 6.92 Å². The smallest absolute Gasteiger partial charge is 0.194 e. The van der Waals surface area contributed by atoms with Gasteiger partial charge in [0.2, 0.25) is 0 Å². The van der Waals surface area contributed by atoms with E-state index in [2.05, 4.69) is 0 Å². The van der Waals surface area contributed by atoms with Crippen molar-refractivity contribution < 1.29 is 18.6 Å². The van der Waals surface area contributed by atoms with Crippen molar-refractivity contribution in [1.29, 1.82) is 0 Å². The quantitative estimate of drug-likeness (QED) is 0.743. The Morgan fingerprint density at radius 1 is 1.42 bits per heavy atom. The van der Waals surface area contributed by atoms with Gasteiger partial charge in [0.25, 0.3) is 0 Å². The van der Waals surface area contributed by atoms with Crippen molar-refractivity contribution >= 4 is 0 Å². The second-order valence-corrected chi connectivity index (χ2v) is 2.17. The average Bonchev–Trinajstić information content (AvgIpc) is 2.00. The monoisotopic (exact) mass is 174 g/mol. The minimum absolute atomic E-state index is 0.171. The van der Waals surface area contributed by atoms with Gasteiger partial charge in [0.15, 0.2) is 17.3 Å². The van der Waals surface area contributed by atoms with Crippen LogP contribution in [0.4, 0.5) is 8.78 Å². The lowest BCUT2D eigenvalue weighted by Gasteiger charge is -2.05. The zero-order valence-electron chi connectivity index (χ0n) is 6.47. The number of phenols is 1. The number of hydrogen-bond acceptors (Lipinski definition) is 2. The minimum atomic E-state index is -1.02. The van der Waals surface area contributed by atoms with Gasteiger partial charge in [0.05, 0.1) is 6.61 Å². The lowest BCUT2D eigenvalue weighted by molar-refractivity contribution is 0.307. The molecule has 0 aromatic heterocycles. The fraction of sp³-hybridized carbons (Fsp3) is 0.250. The van der Waals surface area contributed by atoms with Crippen molar-refractivity contribution in [3.63, 3.8) is 0 Å². The number of ether oxygens (including phenoxy) is 1. The fourth-order valence-corrected chi connectivity index (χ4v) is 0.808. The van der Waals surface area contributed by atoms with Crippen LogP contribution >= 0.6 is 0 Å². The van der Waals surface area contributed by atoms with Gasteiger partial charge in [-0.15, -0.1) is 0 Å². The lowest BCUT2D eigenvalue weighted by atomic mass is 10.3. The average molecular weight is 174 g/mol. The highest BCUT2D eigenvalue weighted by Crippen LogP contribution is 2.29. The van der Waals surface area contributed by atoms with E-state index in [1.54, 1.807) is 6.92 Å². The zero-order valence-corrected chi connectivity index (χ0v) is 6.47. The van der Waals surface area contributed by atoms with Crippen molar-refractivity contribution in [2.24, 2.45) is 0 Å². The van der Waals surface area contributed by atoms with Crippen LogP contribution in [0.5, 0.6) is 11.5 Å². The highest BCUT2D eigenvalue weighted by Gasteiger charge is 2.10. The van der Waals surface area contributed by atoms with Gasteiger partial charge >= 0.3 is 0 Å². The summed E-state index contributed by atoms with van der Waals surface area (Å²) >= 11 is 0. The van der Waals surface area contributed by atoms with E-state index in [0.29, 0.717) is 6.07 Å². The molecule has 1 aromatic carbocycles. The molecule has 0 spiro atoms. The molecule has 2 nitrogen and oxygen atoms in total. The summed E-state index contributed by atoms with van der Waals surface area (Å²) in [4.78, 5) is 0. The number of benzene rings is 1. The predicted octanol–water partition coefficient (Wildman–Crippen LogP) is 2.07. The van der Waals surface area contributed by atoms with Crippen LogP contribution in [0.15, 0.2) is 12.1 Å². The second kappa shape index (κ2) is 3.38. The third kappa shape index (κ3) is 1.64. The summed E-state index contributed by atoms with van der Waals surface area (Å²) in [6.45, 7) is 1.90. The van der Waals surface area contributed by atoms with E-state index in [4.69, 9.17) is 9.84 Å². The van der Waals surface area contributed by atoms with Crippen LogP contribution in [0.3, 0.4) is 0 Å². The van der Waals surface area contributed by atoms with Crippen LogP contribution < -0.4 is 4.74 Å². The van der Waals surface area contributed by atoms with Gasteiger partial charge in [0, 0.05) is 12.1 Å². The minimum Gasteiger partial charge on any atom is -0.502 e. The van der Waals surface area contributed by atoms with E-state index < -0.39 is 17.4 Å². The molecule has 0 radical (unpaired) electrons. The second-order valence-electron chi connectivity index (χ2n) is 2.17. The number of hydrogen-bond donors (Lipinski definition) is 1. The van der Waals surface area contributed by atoms with E-state index in [1.165, 1.54) is 0 Å². The zero-order chi connectivity index (χ0) is 9.14. The number of halogens is 2. The maximum atomic E-state index is 12.6. The van der Waals surface area contributed by atoms with E-state index in [9.17, 15) is 8.78 Å². The molecule has 0 aliphatic heterocycles. The molecule has 66 valence electrons. The molecular weight excluding hydrogens is 166 g/mol. The molecular formula is C8H8F2O2. The third-order valence-corrected chi connectivity index (χ3v) is 1.29. The maximum Gasteiger partial charge on any atom is 0.194 e. The largest absolute Gasteiger partial charge is 0.502 e. The molecule has 1 rings (SSSR count). The molecule has 1 aromatic rings. The van der Waals surface area contributed by atoms with Crippen LogP contribution in [0.1, 0.15) is 6.92 Å². The third-order valence-electron chi connectivity index (χ3n) is 1.29. The summed E-state index contributed by atoms with van der Waals surface area (Å²) in [5, 5.41) is 8.99. The molecule has 0 unspecified atom stereocenters. The Labute approximate surface area is 68.4 Å². The molecule has 0 aliphatic rings. The number of aromatic hydroxyl groups is 1. The molecule has 0 fully saturated rings. The fourth-order valence-electron chi connectivity index (χ4n) is 0.808. The molecule has 0 heterocycles. The van der Waals surface area contributed by atoms with Gasteiger partial charge in [-0.1, -0.05) is 0 Å². The first-order valence-electron chi connectivity index (χ1n) is 3.46. The Hall–Kier alpha value is -1.32. The number of phenolic OH excluding ortho intramolecular Hbond substituents is 1. The lowest BCUT2D eigenvalue weighted by Crippen LogP contribution is -1.94. The molecule has 0 amide bonds. The summed E-state index contributed by atoms with van der Waals surface area (Å²) < 4.78 is 29.9. The molecule has 1 N–H and O–H groups in total. The van der Waals surface area contributed by atoms with Crippen molar-refractivity contribution in [3.05, 3.63) is 23.8 Å². The van der Waals surface area contributed by atoms with Gasteiger partial charge in [-0.2, -0.15) is 0 Å². The Morgan fingerprint density at radius 3 is 2.67 bits per heavy atom. The van der Waals surface area contributed by atoms with Gasteiger partial charge in [0.1, 0.15) is 5.82 Å². The van der Waals surface area contributed by atoms with Crippen molar-refractivity contribution in [1.82, 2.24) is 0 Å². The summed E-state index contributed by atoms with van der Waals surface area (Å²) in [7, 11) is 0. The first-order chi connectivity index (χ1) is 5.65. The van der Waals surface area contributed by atoms with Crippen LogP contribution in [0.25, 0.3) is 0 Å². The Kier molecular flexibility index (Phi) is 2.47. The molecule has 0 saturated heterocycles. The Balaban J connectivity index is 3.09. The summed E-state index contributed by atoms with van der Waals surface area (Å²) in [5.41, 5.74) is 0. The Morgan fingerprint density at radius 2 is 2.08 bits per heavy atom. The van der Waals surface area contributed by atoms with Crippen LogP contribution in [0.2, 0.25) is 0 Å². The van der Waals surface area contributed by atoms with E-state index in [0.717, 1.165) is 6.07 Å². The standard InChI is InChI=1S/C8H8F2O2/c1-2-12-7-4-5(9)3-6(10)8(7)11/h3-4,11H,2H2,1H3.